The molecule has 172 valence electrons. The van der Waals surface area contributed by atoms with E-state index in [0.29, 0.717) is 12.2 Å². The van der Waals surface area contributed by atoms with Crippen molar-refractivity contribution in [2.24, 2.45) is 0 Å². The molecule has 2 aliphatic heterocycles. The van der Waals surface area contributed by atoms with E-state index in [-0.39, 0.29) is 11.5 Å². The van der Waals surface area contributed by atoms with Crippen molar-refractivity contribution in [3.05, 3.63) is 60.2 Å². The highest BCUT2D eigenvalue weighted by atomic mass is 32.2. The third-order valence-corrected chi connectivity index (χ3v) is 6.90. The Kier molecular flexibility index (Phi) is 6.55. The maximum absolute atomic E-state index is 12.7. The number of sulfonamides is 1. The second kappa shape index (κ2) is 9.21. The van der Waals surface area contributed by atoms with E-state index in [9.17, 15) is 13.2 Å². The lowest BCUT2D eigenvalue weighted by Gasteiger charge is -2.49. The normalized spacial score (nSPS) is 21.6. The predicted molar refractivity (Wildman–Crippen MR) is 126 cm³/mol. The van der Waals surface area contributed by atoms with Crippen LogP contribution in [0.5, 0.6) is 0 Å². The number of anilines is 2. The van der Waals surface area contributed by atoms with Crippen molar-refractivity contribution in [3.8, 4) is 0 Å². The van der Waals surface area contributed by atoms with Crippen LogP contribution in [0.2, 0.25) is 0 Å². The van der Waals surface area contributed by atoms with Crippen LogP contribution in [-0.4, -0.2) is 63.4 Å². The van der Waals surface area contributed by atoms with E-state index in [1.165, 1.54) is 5.56 Å². The minimum Gasteiger partial charge on any atom is -0.360 e. The Hall–Kier alpha value is -2.42. The molecule has 0 aromatic heterocycles. The number of morpholine rings is 1. The highest BCUT2D eigenvalue weighted by Gasteiger charge is 2.45. The van der Waals surface area contributed by atoms with E-state index >= 15 is 0 Å². The van der Waals surface area contributed by atoms with Gasteiger partial charge >= 0.3 is 0 Å². The van der Waals surface area contributed by atoms with Gasteiger partial charge in [-0.15, -0.1) is 0 Å². The van der Waals surface area contributed by atoms with Gasteiger partial charge in [0.05, 0.1) is 18.4 Å². The summed E-state index contributed by atoms with van der Waals surface area (Å²) in [7, 11) is -3.26. The van der Waals surface area contributed by atoms with Gasteiger partial charge in [0.1, 0.15) is 6.10 Å². The number of amides is 1. The largest absolute Gasteiger partial charge is 0.360 e. The highest BCUT2D eigenvalue weighted by Crippen LogP contribution is 2.35. The van der Waals surface area contributed by atoms with Crippen LogP contribution < -0.4 is 9.62 Å². The number of likely N-dealkylation sites (tertiary alicyclic amines) is 1. The van der Waals surface area contributed by atoms with Crippen molar-refractivity contribution in [2.75, 3.05) is 42.1 Å². The smallest absolute Gasteiger partial charge is 0.255 e. The lowest BCUT2D eigenvalue weighted by atomic mass is 9.88. The van der Waals surface area contributed by atoms with Crippen LogP contribution in [0, 0.1) is 0 Å². The summed E-state index contributed by atoms with van der Waals surface area (Å²) in [5.74, 6) is 0.0260. The molecule has 4 rings (SSSR count). The van der Waals surface area contributed by atoms with E-state index in [4.69, 9.17) is 4.74 Å². The van der Waals surface area contributed by atoms with Gasteiger partial charge in [0, 0.05) is 31.0 Å². The van der Waals surface area contributed by atoms with Crippen molar-refractivity contribution < 1.29 is 17.9 Å². The number of piperidine rings is 1. The summed E-state index contributed by atoms with van der Waals surface area (Å²) in [4.78, 5) is 17.0. The number of hydrogen-bond donors (Lipinski definition) is 1. The Morgan fingerprint density at radius 3 is 2.34 bits per heavy atom. The first-order valence-corrected chi connectivity index (χ1v) is 13.0. The van der Waals surface area contributed by atoms with E-state index in [1.807, 2.05) is 54.3 Å². The Morgan fingerprint density at radius 2 is 1.72 bits per heavy atom. The number of nitrogens with one attached hydrogen (secondary N) is 1. The molecular weight excluding hydrogens is 426 g/mol. The van der Waals surface area contributed by atoms with Crippen LogP contribution in [0.15, 0.2) is 54.6 Å². The van der Waals surface area contributed by atoms with Crippen molar-refractivity contribution in [1.29, 1.82) is 0 Å². The molecule has 0 saturated carbocycles. The molecule has 1 unspecified atom stereocenters. The molecule has 1 spiro atoms. The van der Waals surface area contributed by atoms with E-state index in [1.54, 1.807) is 12.1 Å². The fourth-order valence-corrected chi connectivity index (χ4v) is 5.14. The van der Waals surface area contributed by atoms with Crippen LogP contribution in [0.25, 0.3) is 0 Å². The summed E-state index contributed by atoms with van der Waals surface area (Å²) in [6, 6.07) is 17.4. The standard InChI is InChI=1S/C24H31N3O4S/c1-19-23(28)27(22-6-4-3-5-7-22)18-24(31-19)13-16-26(17-14-24)15-12-20-8-10-21(11-9-20)25-32(2,29)30/h3-11,19,25H,12-18H2,1-2H3. The van der Waals surface area contributed by atoms with Crippen LogP contribution in [0.3, 0.4) is 0 Å². The number of nitrogens with zero attached hydrogens (tertiary/aromatic N) is 2. The zero-order valence-electron chi connectivity index (χ0n) is 18.7. The van der Waals surface area contributed by atoms with Gasteiger partial charge < -0.3 is 14.5 Å². The minimum atomic E-state index is -3.26. The molecule has 2 aromatic carbocycles. The number of carbonyl (C=O) groups is 1. The minimum absolute atomic E-state index is 0.0260. The Balaban J connectivity index is 1.32. The maximum atomic E-state index is 12.7. The summed E-state index contributed by atoms with van der Waals surface area (Å²) in [5.41, 5.74) is 2.40. The lowest BCUT2D eigenvalue weighted by Crippen LogP contribution is -2.61. The molecule has 8 heteroatoms. The van der Waals surface area contributed by atoms with Crippen LogP contribution >= 0.6 is 0 Å². The van der Waals surface area contributed by atoms with Crippen LogP contribution in [0.1, 0.15) is 25.3 Å². The number of carbonyl (C=O) groups excluding carboxylic acids is 1. The summed E-state index contributed by atoms with van der Waals surface area (Å²) in [6.07, 6.45) is 3.40. The summed E-state index contributed by atoms with van der Waals surface area (Å²) < 4.78 is 31.4. The average molecular weight is 458 g/mol. The molecule has 2 aliphatic rings. The first-order chi connectivity index (χ1) is 15.2. The monoisotopic (exact) mass is 457 g/mol. The molecular formula is C24H31N3O4S. The molecule has 2 aromatic rings. The molecule has 1 amide bonds. The van der Waals surface area contributed by atoms with Gasteiger partial charge in [0.15, 0.2) is 0 Å². The van der Waals surface area contributed by atoms with Gasteiger partial charge in [0.2, 0.25) is 10.0 Å². The predicted octanol–water partition coefficient (Wildman–Crippen LogP) is 2.89. The fourth-order valence-electron chi connectivity index (χ4n) is 4.58. The molecule has 1 atom stereocenters. The Bertz CT molecular complexity index is 1030. The molecule has 0 bridgehead atoms. The summed E-state index contributed by atoms with van der Waals surface area (Å²) in [5, 5.41) is 0. The Labute approximate surface area is 190 Å². The molecule has 0 radical (unpaired) electrons. The fraction of sp³-hybridized carbons (Fsp3) is 0.458. The second-order valence-electron chi connectivity index (χ2n) is 8.87. The van der Waals surface area contributed by atoms with E-state index in [2.05, 4.69) is 9.62 Å². The third-order valence-electron chi connectivity index (χ3n) is 6.30. The van der Waals surface area contributed by atoms with Gasteiger partial charge in [-0.1, -0.05) is 30.3 Å². The quantitative estimate of drug-likeness (QED) is 0.722. The number of rotatable bonds is 6. The van der Waals surface area contributed by atoms with Crippen molar-refractivity contribution in [1.82, 2.24) is 4.90 Å². The van der Waals surface area contributed by atoms with E-state index in [0.717, 1.165) is 50.8 Å². The van der Waals surface area contributed by atoms with Crippen molar-refractivity contribution >= 4 is 27.3 Å². The van der Waals surface area contributed by atoms with Gasteiger partial charge in [-0.25, -0.2) is 8.42 Å². The number of benzene rings is 2. The van der Waals surface area contributed by atoms with Crippen molar-refractivity contribution in [3.63, 3.8) is 0 Å². The van der Waals surface area contributed by atoms with Gasteiger partial charge in [-0.3, -0.25) is 9.52 Å². The van der Waals surface area contributed by atoms with Crippen LogP contribution in [0.4, 0.5) is 11.4 Å². The van der Waals surface area contributed by atoms with Crippen molar-refractivity contribution in [2.45, 2.75) is 37.9 Å². The summed E-state index contributed by atoms with van der Waals surface area (Å²) >= 11 is 0. The lowest BCUT2D eigenvalue weighted by molar-refractivity contribution is -0.161. The first-order valence-electron chi connectivity index (χ1n) is 11.1. The van der Waals surface area contributed by atoms with E-state index < -0.39 is 16.1 Å². The van der Waals surface area contributed by atoms with Crippen LogP contribution in [-0.2, 0) is 26.0 Å². The average Bonchev–Trinajstić information content (AvgIpc) is 2.77. The molecule has 2 heterocycles. The maximum Gasteiger partial charge on any atom is 0.255 e. The Morgan fingerprint density at radius 1 is 1.06 bits per heavy atom. The van der Waals surface area contributed by atoms with Gasteiger partial charge in [0.25, 0.3) is 5.91 Å². The first kappa shape index (κ1) is 22.8. The molecule has 7 nitrogen and oxygen atoms in total. The summed E-state index contributed by atoms with van der Waals surface area (Å²) in [6.45, 7) is 5.25. The molecule has 2 saturated heterocycles. The highest BCUT2D eigenvalue weighted by molar-refractivity contribution is 7.92. The topological polar surface area (TPSA) is 79.0 Å². The second-order valence-corrected chi connectivity index (χ2v) is 10.6. The van der Waals surface area contributed by atoms with Gasteiger partial charge in [-0.2, -0.15) is 0 Å². The van der Waals surface area contributed by atoms with Gasteiger partial charge in [-0.05, 0) is 56.0 Å². The number of ether oxygens (including phenoxy) is 1. The number of para-hydroxylation sites is 1. The third kappa shape index (κ3) is 5.49. The zero-order chi connectivity index (χ0) is 22.8. The molecule has 1 N–H and O–H groups in total. The zero-order valence-corrected chi connectivity index (χ0v) is 19.5. The SMILES string of the molecule is CC1OC2(CCN(CCc3ccc(NS(C)(=O)=O)cc3)CC2)CN(c2ccccc2)C1=O. The number of hydrogen-bond acceptors (Lipinski definition) is 5. The molecule has 32 heavy (non-hydrogen) atoms. The molecule has 0 aliphatic carbocycles. The molecule has 2 fully saturated rings.